The first-order valence-corrected chi connectivity index (χ1v) is 9.81. The summed E-state index contributed by atoms with van der Waals surface area (Å²) in [6, 6.07) is 5.55. The number of halogens is 3. The lowest BCUT2D eigenvalue weighted by Crippen LogP contribution is -2.46. The van der Waals surface area contributed by atoms with Gasteiger partial charge in [-0.1, -0.05) is 24.3 Å². The van der Waals surface area contributed by atoms with Crippen LogP contribution in [0.3, 0.4) is 0 Å². The number of benzene rings is 1. The molecule has 0 saturated carbocycles. The standard InChI is InChI=1S/C20H21F3N6O2/c21-16-10-28(20(30)31-11-13-1-3-14(4-2-13)19(22)23)6-5-15(16)7-25-17-8-24-9-18-27-26-12-29(17)18/h1-4,8-9,12,15-16,19,25H,5-7,10-11H2/t15-,16-/m1/s1. The highest BCUT2D eigenvalue weighted by molar-refractivity contribution is 5.67. The molecule has 0 unspecified atom stereocenters. The Bertz CT molecular complexity index is 1030. The van der Waals surface area contributed by atoms with Crippen molar-refractivity contribution in [3.63, 3.8) is 0 Å². The molecule has 1 saturated heterocycles. The van der Waals surface area contributed by atoms with Crippen molar-refractivity contribution in [2.75, 3.05) is 25.0 Å². The molecular weight excluding hydrogens is 413 g/mol. The summed E-state index contributed by atoms with van der Waals surface area (Å²) in [6.45, 7) is 0.617. The second kappa shape index (κ2) is 9.19. The summed E-state index contributed by atoms with van der Waals surface area (Å²) >= 11 is 0. The summed E-state index contributed by atoms with van der Waals surface area (Å²) in [5.41, 5.74) is 1.08. The van der Waals surface area contributed by atoms with E-state index in [1.54, 1.807) is 23.1 Å². The van der Waals surface area contributed by atoms with Crippen molar-refractivity contribution in [3.8, 4) is 0 Å². The van der Waals surface area contributed by atoms with E-state index in [-0.39, 0.29) is 24.6 Å². The van der Waals surface area contributed by atoms with Gasteiger partial charge >= 0.3 is 6.09 Å². The number of fused-ring (bicyclic) bond motifs is 1. The van der Waals surface area contributed by atoms with E-state index in [1.807, 2.05) is 0 Å². The molecule has 0 spiro atoms. The van der Waals surface area contributed by atoms with Crippen LogP contribution in [0.2, 0.25) is 0 Å². The molecule has 0 aliphatic carbocycles. The Morgan fingerprint density at radius 2 is 2.06 bits per heavy atom. The fourth-order valence-electron chi connectivity index (χ4n) is 3.47. The summed E-state index contributed by atoms with van der Waals surface area (Å²) in [6.07, 6.45) is 0.827. The maximum absolute atomic E-state index is 14.7. The molecule has 11 heteroatoms. The molecule has 2 atom stereocenters. The van der Waals surface area contributed by atoms with Gasteiger partial charge in [0.1, 0.15) is 24.9 Å². The van der Waals surface area contributed by atoms with Gasteiger partial charge in [0.15, 0.2) is 5.65 Å². The number of anilines is 1. The van der Waals surface area contributed by atoms with Gasteiger partial charge < -0.3 is 15.0 Å². The highest BCUT2D eigenvalue weighted by Crippen LogP contribution is 2.23. The molecule has 1 aliphatic rings. The predicted octanol–water partition coefficient (Wildman–Crippen LogP) is 3.47. The third-order valence-electron chi connectivity index (χ3n) is 5.29. The number of aromatic nitrogens is 4. The van der Waals surface area contributed by atoms with Crippen molar-refractivity contribution in [2.45, 2.75) is 25.6 Å². The maximum atomic E-state index is 14.7. The fraction of sp³-hybridized carbons (Fsp3) is 0.400. The van der Waals surface area contributed by atoms with Gasteiger partial charge in [0, 0.05) is 24.6 Å². The van der Waals surface area contributed by atoms with Gasteiger partial charge in [0.2, 0.25) is 0 Å². The first kappa shape index (κ1) is 20.9. The molecule has 1 fully saturated rings. The molecule has 0 bridgehead atoms. The second-order valence-corrected chi connectivity index (χ2v) is 7.34. The van der Waals surface area contributed by atoms with Crippen LogP contribution in [-0.2, 0) is 11.3 Å². The van der Waals surface area contributed by atoms with Crippen LogP contribution in [0.1, 0.15) is 24.0 Å². The largest absolute Gasteiger partial charge is 0.445 e. The second-order valence-electron chi connectivity index (χ2n) is 7.34. The predicted molar refractivity (Wildman–Crippen MR) is 105 cm³/mol. The number of carbonyl (C=O) groups excluding carboxylic acids is 1. The molecule has 0 radical (unpaired) electrons. The lowest BCUT2D eigenvalue weighted by molar-refractivity contribution is 0.0544. The molecule has 4 rings (SSSR count). The number of likely N-dealkylation sites (tertiary alicyclic amines) is 1. The van der Waals surface area contributed by atoms with E-state index < -0.39 is 18.7 Å². The molecule has 2 aromatic heterocycles. The quantitative estimate of drug-likeness (QED) is 0.640. The number of piperidine rings is 1. The molecule has 8 nitrogen and oxygen atoms in total. The number of alkyl halides is 3. The Hall–Kier alpha value is -3.37. The molecule has 1 amide bonds. The molecule has 3 aromatic rings. The number of carbonyl (C=O) groups is 1. The third kappa shape index (κ3) is 4.86. The lowest BCUT2D eigenvalue weighted by atomic mass is 9.95. The van der Waals surface area contributed by atoms with E-state index in [9.17, 15) is 18.0 Å². The fourth-order valence-corrected chi connectivity index (χ4v) is 3.47. The maximum Gasteiger partial charge on any atom is 0.410 e. The minimum atomic E-state index is -2.55. The lowest BCUT2D eigenvalue weighted by Gasteiger charge is -2.34. The number of nitrogens with one attached hydrogen (secondary N) is 1. The Balaban J connectivity index is 1.25. The molecular formula is C20H21F3N6O2. The zero-order valence-electron chi connectivity index (χ0n) is 16.5. The Morgan fingerprint density at radius 3 is 2.81 bits per heavy atom. The summed E-state index contributed by atoms with van der Waals surface area (Å²) in [5.74, 6) is 0.382. The first-order valence-electron chi connectivity index (χ1n) is 9.81. The highest BCUT2D eigenvalue weighted by Gasteiger charge is 2.32. The third-order valence-corrected chi connectivity index (χ3v) is 5.29. The van der Waals surface area contributed by atoms with E-state index in [1.165, 1.54) is 29.2 Å². The number of ether oxygens (including phenoxy) is 1. The van der Waals surface area contributed by atoms with E-state index in [4.69, 9.17) is 4.74 Å². The number of rotatable bonds is 6. The minimum Gasteiger partial charge on any atom is -0.445 e. The number of amides is 1. The summed E-state index contributed by atoms with van der Waals surface area (Å²) in [7, 11) is 0. The van der Waals surface area contributed by atoms with Crippen LogP contribution in [0.5, 0.6) is 0 Å². The van der Waals surface area contributed by atoms with E-state index in [0.29, 0.717) is 36.5 Å². The molecule has 3 heterocycles. The normalized spacial score (nSPS) is 19.0. The first-order chi connectivity index (χ1) is 15.0. The van der Waals surface area contributed by atoms with Crippen LogP contribution in [0.15, 0.2) is 43.0 Å². The monoisotopic (exact) mass is 434 g/mol. The van der Waals surface area contributed by atoms with Crippen molar-refractivity contribution in [1.82, 2.24) is 24.5 Å². The van der Waals surface area contributed by atoms with Gasteiger partial charge in [0.25, 0.3) is 6.43 Å². The molecule has 1 aromatic carbocycles. The highest BCUT2D eigenvalue weighted by atomic mass is 19.3. The molecule has 1 aliphatic heterocycles. The van der Waals surface area contributed by atoms with Gasteiger partial charge in [0.05, 0.1) is 18.9 Å². The van der Waals surface area contributed by atoms with Gasteiger partial charge in [-0.2, -0.15) is 0 Å². The Kier molecular flexibility index (Phi) is 6.19. The van der Waals surface area contributed by atoms with Crippen LogP contribution in [0.25, 0.3) is 5.65 Å². The molecule has 1 N–H and O–H groups in total. The van der Waals surface area contributed by atoms with Crippen molar-refractivity contribution in [1.29, 1.82) is 0 Å². The minimum absolute atomic E-state index is 0.0588. The number of hydrogen-bond acceptors (Lipinski definition) is 6. The van der Waals surface area contributed by atoms with E-state index in [2.05, 4.69) is 20.5 Å². The average molecular weight is 434 g/mol. The zero-order chi connectivity index (χ0) is 21.8. The zero-order valence-corrected chi connectivity index (χ0v) is 16.5. The Morgan fingerprint density at radius 1 is 1.26 bits per heavy atom. The van der Waals surface area contributed by atoms with Crippen LogP contribution in [-0.4, -0.2) is 56.4 Å². The van der Waals surface area contributed by atoms with Crippen LogP contribution in [0, 0.1) is 5.92 Å². The smallest absolute Gasteiger partial charge is 0.410 e. The van der Waals surface area contributed by atoms with Crippen molar-refractivity contribution in [3.05, 3.63) is 54.1 Å². The average Bonchev–Trinajstić information content (AvgIpc) is 3.26. The van der Waals surface area contributed by atoms with Gasteiger partial charge in [-0.25, -0.2) is 18.0 Å². The Labute approximate surface area is 176 Å². The number of hydrogen-bond donors (Lipinski definition) is 1. The van der Waals surface area contributed by atoms with Crippen LogP contribution >= 0.6 is 0 Å². The SMILES string of the molecule is O=C(OCc1ccc(C(F)F)cc1)N1CC[C@H](CNc2cncc3nncn23)[C@H](F)C1. The summed E-state index contributed by atoms with van der Waals surface area (Å²) in [4.78, 5) is 17.7. The molecule has 164 valence electrons. The van der Waals surface area contributed by atoms with Crippen LogP contribution < -0.4 is 5.32 Å². The molecule has 31 heavy (non-hydrogen) atoms. The van der Waals surface area contributed by atoms with Gasteiger partial charge in [-0.3, -0.25) is 9.38 Å². The van der Waals surface area contributed by atoms with Gasteiger partial charge in [-0.15, -0.1) is 10.2 Å². The topological polar surface area (TPSA) is 84.6 Å². The van der Waals surface area contributed by atoms with E-state index >= 15 is 0 Å². The van der Waals surface area contributed by atoms with E-state index in [0.717, 1.165) is 0 Å². The number of nitrogens with zero attached hydrogens (tertiary/aromatic N) is 5. The van der Waals surface area contributed by atoms with Crippen molar-refractivity contribution in [2.24, 2.45) is 5.92 Å². The summed E-state index contributed by atoms with van der Waals surface area (Å²) in [5, 5.41) is 10.9. The van der Waals surface area contributed by atoms with Gasteiger partial charge in [-0.05, 0) is 12.0 Å². The summed E-state index contributed by atoms with van der Waals surface area (Å²) < 4.78 is 46.8. The van der Waals surface area contributed by atoms with Crippen LogP contribution in [0.4, 0.5) is 23.8 Å². The van der Waals surface area contributed by atoms with Crippen molar-refractivity contribution >= 4 is 17.6 Å². The van der Waals surface area contributed by atoms with Crippen molar-refractivity contribution < 1.29 is 22.7 Å².